The van der Waals surface area contributed by atoms with Gasteiger partial charge in [-0.05, 0) is 144 Å². The standard InChI is InChI=1S/C43H58N10O5/c1-7-52(8-2)23-9-22-45-39(54)37-24-28(3)35(27-46-37)31-14-10-29(11-15-31)25-36(44)41(56)53(34-20-18-32(19-21-34)38-48-50-51-49-38)40(55)33-16-12-30(13-17-33)26-47-42(57)58-43(4,5)6/h10-11,14-15,18-21,24,27,30,33,36H,7-9,12-13,16-17,22-23,25-26,44H2,1-6H3,(H,45,54)(H,47,57)(H,48,49,50,51)/t30?,33?,36-/m0/s1. The predicted octanol–water partition coefficient (Wildman–Crippen LogP) is 5.46. The molecule has 0 unspecified atom stereocenters. The molecular formula is C43H58N10O5. The van der Waals surface area contributed by atoms with Crippen LogP contribution in [0.4, 0.5) is 10.5 Å². The van der Waals surface area contributed by atoms with Crippen molar-refractivity contribution < 1.29 is 23.9 Å². The van der Waals surface area contributed by atoms with Crippen LogP contribution < -0.4 is 21.3 Å². The summed E-state index contributed by atoms with van der Waals surface area (Å²) in [5.74, 6) is -0.817. The van der Waals surface area contributed by atoms with E-state index in [-0.39, 0.29) is 24.2 Å². The third kappa shape index (κ3) is 12.0. The maximum absolute atomic E-state index is 14.2. The highest BCUT2D eigenvalue weighted by Crippen LogP contribution is 2.32. The van der Waals surface area contributed by atoms with Crippen LogP contribution in [0.25, 0.3) is 22.5 Å². The number of aryl methyl sites for hydroxylation is 1. The number of aromatic amines is 1. The molecule has 58 heavy (non-hydrogen) atoms. The number of alkyl carbamates (subject to hydrolysis) is 1. The molecule has 310 valence electrons. The average Bonchev–Trinajstić information content (AvgIpc) is 3.76. The van der Waals surface area contributed by atoms with Gasteiger partial charge in [0.25, 0.3) is 11.8 Å². The van der Waals surface area contributed by atoms with Gasteiger partial charge in [-0.3, -0.25) is 19.4 Å². The Hall–Kier alpha value is -5.54. The van der Waals surface area contributed by atoms with E-state index < -0.39 is 29.6 Å². The molecule has 0 radical (unpaired) electrons. The second kappa shape index (κ2) is 20.2. The minimum Gasteiger partial charge on any atom is -0.444 e. The molecule has 1 aliphatic rings. The SMILES string of the molecule is CCN(CC)CCCNC(=O)c1cc(C)c(-c2ccc(C[C@H](N)C(=O)N(C(=O)C3CCC(CNC(=O)OC(C)(C)C)CC3)c3ccc(-c4nn[nH]n4)cc3)cc2)cn1. The van der Waals surface area contributed by atoms with Crippen LogP contribution in [0.1, 0.15) is 88.3 Å². The van der Waals surface area contributed by atoms with Crippen LogP contribution in [0.3, 0.4) is 0 Å². The van der Waals surface area contributed by atoms with E-state index in [2.05, 4.69) is 55.0 Å². The zero-order valence-electron chi connectivity index (χ0n) is 34.6. The number of hydrogen-bond acceptors (Lipinski definition) is 11. The predicted molar refractivity (Wildman–Crippen MR) is 223 cm³/mol. The largest absolute Gasteiger partial charge is 0.444 e. The summed E-state index contributed by atoms with van der Waals surface area (Å²) in [5, 5.41) is 19.9. The van der Waals surface area contributed by atoms with E-state index >= 15 is 0 Å². The number of benzene rings is 2. The van der Waals surface area contributed by atoms with Gasteiger partial charge in [0, 0.05) is 36.3 Å². The van der Waals surface area contributed by atoms with Crippen molar-refractivity contribution in [2.45, 2.75) is 91.7 Å². The molecule has 0 spiro atoms. The van der Waals surface area contributed by atoms with Crippen molar-refractivity contribution in [3.8, 4) is 22.5 Å². The first-order chi connectivity index (χ1) is 27.8. The Kier molecular flexibility index (Phi) is 15.2. The fraction of sp³-hybridized carbons (Fsp3) is 0.488. The number of carbonyl (C=O) groups is 4. The van der Waals surface area contributed by atoms with Gasteiger partial charge >= 0.3 is 6.09 Å². The first-order valence-corrected chi connectivity index (χ1v) is 20.3. The minimum absolute atomic E-state index is 0.190. The number of amides is 4. The number of tetrazole rings is 1. The first kappa shape index (κ1) is 43.6. The highest BCUT2D eigenvalue weighted by Gasteiger charge is 2.35. The molecule has 1 fully saturated rings. The van der Waals surface area contributed by atoms with Crippen LogP contribution >= 0.6 is 0 Å². The van der Waals surface area contributed by atoms with Crippen molar-refractivity contribution in [3.63, 3.8) is 0 Å². The molecule has 2 aromatic carbocycles. The van der Waals surface area contributed by atoms with Crippen molar-refractivity contribution >= 4 is 29.5 Å². The van der Waals surface area contributed by atoms with Gasteiger partial charge in [-0.15, -0.1) is 10.2 Å². The number of nitrogens with one attached hydrogen (secondary N) is 3. The fourth-order valence-electron chi connectivity index (χ4n) is 7.19. The highest BCUT2D eigenvalue weighted by molar-refractivity contribution is 6.17. The first-order valence-electron chi connectivity index (χ1n) is 20.3. The van der Waals surface area contributed by atoms with E-state index in [1.807, 2.05) is 52.0 Å². The lowest BCUT2D eigenvalue weighted by molar-refractivity contribution is -0.130. The van der Waals surface area contributed by atoms with Gasteiger partial charge in [0.2, 0.25) is 11.7 Å². The zero-order valence-corrected chi connectivity index (χ0v) is 34.6. The second-order valence-corrected chi connectivity index (χ2v) is 15.9. The maximum atomic E-state index is 14.2. The molecule has 15 heteroatoms. The van der Waals surface area contributed by atoms with Crippen LogP contribution in [0.15, 0.2) is 60.8 Å². The summed E-state index contributed by atoms with van der Waals surface area (Å²) in [5.41, 5.74) is 11.0. The van der Waals surface area contributed by atoms with E-state index in [0.29, 0.717) is 61.5 Å². The number of carbonyl (C=O) groups excluding carboxylic acids is 4. The monoisotopic (exact) mass is 794 g/mol. The summed E-state index contributed by atoms with van der Waals surface area (Å²) in [6.07, 6.45) is 4.89. The molecule has 2 heterocycles. The van der Waals surface area contributed by atoms with Gasteiger partial charge in [-0.25, -0.2) is 9.69 Å². The van der Waals surface area contributed by atoms with Gasteiger partial charge in [0.1, 0.15) is 11.3 Å². The molecule has 4 amide bonds. The maximum Gasteiger partial charge on any atom is 0.407 e. The van der Waals surface area contributed by atoms with Gasteiger partial charge < -0.3 is 26.0 Å². The van der Waals surface area contributed by atoms with Crippen LogP contribution in [0.2, 0.25) is 0 Å². The summed E-state index contributed by atoms with van der Waals surface area (Å²) in [4.78, 5) is 61.4. The van der Waals surface area contributed by atoms with E-state index in [4.69, 9.17) is 10.5 Å². The van der Waals surface area contributed by atoms with Crippen molar-refractivity contribution in [1.82, 2.24) is 41.1 Å². The second-order valence-electron chi connectivity index (χ2n) is 15.9. The molecule has 4 aromatic rings. The molecular weight excluding hydrogens is 737 g/mol. The normalized spacial score (nSPS) is 16.1. The van der Waals surface area contributed by atoms with Gasteiger partial charge in [0.15, 0.2) is 0 Å². The third-order valence-electron chi connectivity index (χ3n) is 10.5. The van der Waals surface area contributed by atoms with Crippen LogP contribution in [-0.4, -0.2) is 98.7 Å². The lowest BCUT2D eigenvalue weighted by Crippen LogP contribution is -2.50. The number of hydrogen-bond donors (Lipinski definition) is 4. The van der Waals surface area contributed by atoms with Crippen molar-refractivity contribution in [1.29, 1.82) is 0 Å². The number of nitrogens with two attached hydrogens (primary N) is 1. The zero-order chi connectivity index (χ0) is 41.8. The van der Waals surface area contributed by atoms with E-state index in [9.17, 15) is 19.2 Å². The Morgan fingerprint density at radius 1 is 0.948 bits per heavy atom. The summed E-state index contributed by atoms with van der Waals surface area (Å²) >= 11 is 0. The van der Waals surface area contributed by atoms with Crippen LogP contribution in [0.5, 0.6) is 0 Å². The van der Waals surface area contributed by atoms with Crippen molar-refractivity contribution in [2.24, 2.45) is 17.6 Å². The highest BCUT2D eigenvalue weighted by atomic mass is 16.6. The van der Waals surface area contributed by atoms with Crippen LogP contribution in [-0.2, 0) is 20.7 Å². The number of pyridine rings is 1. The number of aromatic nitrogens is 5. The average molecular weight is 795 g/mol. The summed E-state index contributed by atoms with van der Waals surface area (Å²) < 4.78 is 5.37. The Balaban J connectivity index is 1.23. The van der Waals surface area contributed by atoms with E-state index in [0.717, 1.165) is 48.3 Å². The fourth-order valence-corrected chi connectivity index (χ4v) is 7.19. The number of anilines is 1. The van der Waals surface area contributed by atoms with Gasteiger partial charge in [0.05, 0.1) is 11.7 Å². The smallest absolute Gasteiger partial charge is 0.407 e. The summed E-state index contributed by atoms with van der Waals surface area (Å²) in [6.45, 7) is 15.6. The molecule has 0 aliphatic heterocycles. The molecule has 15 nitrogen and oxygen atoms in total. The molecule has 0 bridgehead atoms. The number of nitrogens with zero attached hydrogens (tertiary/aromatic N) is 6. The van der Waals surface area contributed by atoms with Gasteiger partial charge in [-0.2, -0.15) is 5.21 Å². The molecule has 2 aromatic heterocycles. The molecule has 1 saturated carbocycles. The number of rotatable bonds is 16. The molecule has 1 atom stereocenters. The topological polar surface area (TPSA) is 201 Å². The number of H-pyrrole nitrogens is 1. The number of ether oxygens (including phenoxy) is 1. The quantitative estimate of drug-likeness (QED) is 0.105. The minimum atomic E-state index is -1.01. The van der Waals surface area contributed by atoms with E-state index in [1.54, 1.807) is 36.5 Å². The molecule has 5 rings (SSSR count). The Labute approximate surface area is 340 Å². The summed E-state index contributed by atoms with van der Waals surface area (Å²) in [6, 6.07) is 15.4. The van der Waals surface area contributed by atoms with Crippen molar-refractivity contribution in [2.75, 3.05) is 37.6 Å². The number of imide groups is 1. The summed E-state index contributed by atoms with van der Waals surface area (Å²) in [7, 11) is 0. The molecule has 0 saturated heterocycles. The van der Waals surface area contributed by atoms with Gasteiger partial charge in [-0.1, -0.05) is 38.1 Å². The Bertz CT molecular complexity index is 1970. The molecule has 5 N–H and O–H groups in total. The van der Waals surface area contributed by atoms with E-state index in [1.165, 1.54) is 4.90 Å². The van der Waals surface area contributed by atoms with Crippen molar-refractivity contribution in [3.05, 3.63) is 77.6 Å². The lowest BCUT2D eigenvalue weighted by Gasteiger charge is -2.32. The Morgan fingerprint density at radius 2 is 1.62 bits per heavy atom. The third-order valence-corrected chi connectivity index (χ3v) is 10.5. The van der Waals surface area contributed by atoms with Crippen LogP contribution in [0, 0.1) is 18.8 Å². The Morgan fingerprint density at radius 3 is 2.22 bits per heavy atom. The molecule has 1 aliphatic carbocycles. The lowest BCUT2D eigenvalue weighted by atomic mass is 9.81.